The highest BCUT2D eigenvalue weighted by Crippen LogP contribution is 2.10. The fourth-order valence-corrected chi connectivity index (χ4v) is 2.51. The van der Waals surface area contributed by atoms with Crippen molar-refractivity contribution < 1.29 is 4.42 Å². The maximum Gasteiger partial charge on any atom is 0.164 e. The molecule has 0 aliphatic carbocycles. The molecule has 86 valence electrons. The number of halogens is 1. The van der Waals surface area contributed by atoms with Crippen LogP contribution in [0.4, 0.5) is 0 Å². The Labute approximate surface area is 112 Å². The zero-order chi connectivity index (χ0) is 11.4. The van der Waals surface area contributed by atoms with E-state index in [1.165, 1.54) is 5.69 Å². The first-order valence-electron chi connectivity index (χ1n) is 5.10. The maximum atomic E-state index is 5.45. The van der Waals surface area contributed by atoms with Crippen molar-refractivity contribution in [3.05, 3.63) is 37.7 Å². The lowest BCUT2D eigenvalue weighted by atomic mass is 10.3. The summed E-state index contributed by atoms with van der Waals surface area (Å²) in [6.07, 6.45) is 0.974. The molecule has 2 aromatic heterocycles. The second-order valence-electron chi connectivity index (χ2n) is 3.49. The fourth-order valence-electron chi connectivity index (χ4n) is 1.40. The van der Waals surface area contributed by atoms with E-state index in [4.69, 9.17) is 4.42 Å². The van der Waals surface area contributed by atoms with Crippen LogP contribution in [0.2, 0.25) is 0 Å². The third-order valence-corrected chi connectivity index (χ3v) is 3.55. The van der Waals surface area contributed by atoms with Gasteiger partial charge >= 0.3 is 0 Å². The summed E-state index contributed by atoms with van der Waals surface area (Å²) in [5.41, 5.74) is 1.17. The number of furan rings is 1. The predicted octanol–water partition coefficient (Wildman–Crippen LogP) is 2.98. The SMILES string of the molecule is Cc1nc(CCNCc2ccc(I)o2)cs1. The van der Waals surface area contributed by atoms with Gasteiger partial charge in [0.2, 0.25) is 0 Å². The first-order chi connectivity index (χ1) is 7.74. The van der Waals surface area contributed by atoms with Crippen LogP contribution < -0.4 is 5.32 Å². The van der Waals surface area contributed by atoms with Gasteiger partial charge in [-0.2, -0.15) is 0 Å². The van der Waals surface area contributed by atoms with Crippen LogP contribution in [-0.2, 0) is 13.0 Å². The lowest BCUT2D eigenvalue weighted by Gasteiger charge is -2.00. The number of nitrogens with zero attached hydrogens (tertiary/aromatic N) is 1. The normalized spacial score (nSPS) is 10.9. The number of aryl methyl sites for hydroxylation is 1. The highest BCUT2D eigenvalue weighted by molar-refractivity contribution is 14.1. The standard InChI is InChI=1S/C11H13IN2OS/c1-8-14-9(7-16-8)4-5-13-6-10-2-3-11(12)15-10/h2-3,7,13H,4-6H2,1H3. The number of rotatable bonds is 5. The summed E-state index contributed by atoms with van der Waals surface area (Å²) in [6.45, 7) is 3.75. The number of aromatic nitrogens is 1. The minimum Gasteiger partial charge on any atom is -0.454 e. The molecule has 0 atom stereocenters. The van der Waals surface area contributed by atoms with E-state index in [2.05, 4.69) is 38.3 Å². The molecule has 0 aliphatic rings. The number of hydrogen-bond donors (Lipinski definition) is 1. The van der Waals surface area contributed by atoms with Crippen LogP contribution in [0.3, 0.4) is 0 Å². The Bertz CT molecular complexity index is 410. The van der Waals surface area contributed by atoms with Gasteiger partial charge in [0, 0.05) is 18.3 Å². The van der Waals surface area contributed by atoms with Crippen LogP contribution in [0.5, 0.6) is 0 Å². The number of thiazole rings is 1. The number of hydrogen-bond acceptors (Lipinski definition) is 4. The van der Waals surface area contributed by atoms with Gasteiger partial charge in [-0.05, 0) is 41.6 Å². The highest BCUT2D eigenvalue weighted by Gasteiger charge is 2.00. The maximum absolute atomic E-state index is 5.45. The molecule has 0 fully saturated rings. The van der Waals surface area contributed by atoms with Crippen molar-refractivity contribution in [3.63, 3.8) is 0 Å². The Morgan fingerprint density at radius 3 is 3.00 bits per heavy atom. The molecule has 0 bridgehead atoms. The average Bonchev–Trinajstić information content (AvgIpc) is 2.83. The van der Waals surface area contributed by atoms with E-state index in [1.807, 2.05) is 19.1 Å². The zero-order valence-electron chi connectivity index (χ0n) is 9.00. The summed E-state index contributed by atoms with van der Waals surface area (Å²) in [4.78, 5) is 4.41. The van der Waals surface area contributed by atoms with E-state index in [1.54, 1.807) is 11.3 Å². The van der Waals surface area contributed by atoms with E-state index < -0.39 is 0 Å². The van der Waals surface area contributed by atoms with Gasteiger partial charge in [-0.1, -0.05) is 0 Å². The smallest absolute Gasteiger partial charge is 0.164 e. The molecule has 5 heteroatoms. The Morgan fingerprint density at radius 2 is 2.38 bits per heavy atom. The molecule has 0 saturated carbocycles. The molecule has 0 spiro atoms. The Morgan fingerprint density at radius 1 is 1.50 bits per heavy atom. The molecule has 0 amide bonds. The quantitative estimate of drug-likeness (QED) is 0.667. The molecule has 2 rings (SSSR count). The van der Waals surface area contributed by atoms with Crippen molar-refractivity contribution >= 4 is 33.9 Å². The molecular weight excluding hydrogens is 335 g/mol. The molecule has 0 unspecified atom stereocenters. The van der Waals surface area contributed by atoms with Gasteiger partial charge in [0.25, 0.3) is 0 Å². The summed E-state index contributed by atoms with van der Waals surface area (Å²) in [5.74, 6) is 0.985. The molecule has 2 aromatic rings. The van der Waals surface area contributed by atoms with Gasteiger partial charge in [-0.25, -0.2) is 4.98 Å². The van der Waals surface area contributed by atoms with Gasteiger partial charge in [0.15, 0.2) is 3.77 Å². The van der Waals surface area contributed by atoms with E-state index in [0.29, 0.717) is 0 Å². The lowest BCUT2D eigenvalue weighted by molar-refractivity contribution is 0.464. The van der Waals surface area contributed by atoms with Gasteiger partial charge < -0.3 is 9.73 Å². The molecular formula is C11H13IN2OS. The summed E-state index contributed by atoms with van der Waals surface area (Å²) < 4.78 is 6.39. The largest absolute Gasteiger partial charge is 0.454 e. The van der Waals surface area contributed by atoms with Crippen molar-refractivity contribution in [1.29, 1.82) is 0 Å². The lowest BCUT2D eigenvalue weighted by Crippen LogP contribution is -2.16. The molecule has 2 heterocycles. The molecule has 0 radical (unpaired) electrons. The highest BCUT2D eigenvalue weighted by atomic mass is 127. The third-order valence-electron chi connectivity index (χ3n) is 2.15. The monoisotopic (exact) mass is 348 g/mol. The van der Waals surface area contributed by atoms with E-state index in [-0.39, 0.29) is 0 Å². The average molecular weight is 348 g/mol. The number of nitrogens with one attached hydrogen (secondary N) is 1. The van der Waals surface area contributed by atoms with Crippen molar-refractivity contribution in [3.8, 4) is 0 Å². The van der Waals surface area contributed by atoms with Crippen LogP contribution in [0.25, 0.3) is 0 Å². The zero-order valence-corrected chi connectivity index (χ0v) is 12.0. The van der Waals surface area contributed by atoms with E-state index >= 15 is 0 Å². The topological polar surface area (TPSA) is 38.1 Å². The van der Waals surface area contributed by atoms with Crippen LogP contribution in [-0.4, -0.2) is 11.5 Å². The van der Waals surface area contributed by atoms with E-state index in [0.717, 1.165) is 34.0 Å². The second kappa shape index (κ2) is 5.79. The second-order valence-corrected chi connectivity index (χ2v) is 5.62. The molecule has 0 aromatic carbocycles. The van der Waals surface area contributed by atoms with Crippen LogP contribution in [0, 0.1) is 10.7 Å². The van der Waals surface area contributed by atoms with Crippen LogP contribution in [0.1, 0.15) is 16.5 Å². The van der Waals surface area contributed by atoms with Crippen LogP contribution >= 0.6 is 33.9 Å². The fraction of sp³-hybridized carbons (Fsp3) is 0.364. The van der Waals surface area contributed by atoms with Gasteiger partial charge in [-0.3, -0.25) is 0 Å². The molecule has 16 heavy (non-hydrogen) atoms. The Hall–Kier alpha value is -0.400. The first kappa shape index (κ1) is 12.1. The predicted molar refractivity (Wildman–Crippen MR) is 73.7 cm³/mol. The van der Waals surface area contributed by atoms with Gasteiger partial charge in [-0.15, -0.1) is 11.3 Å². The summed E-state index contributed by atoms with van der Waals surface area (Å²) in [7, 11) is 0. The van der Waals surface area contributed by atoms with Crippen molar-refractivity contribution in [2.45, 2.75) is 19.9 Å². The summed E-state index contributed by atoms with van der Waals surface area (Å²) in [5, 5.41) is 6.59. The summed E-state index contributed by atoms with van der Waals surface area (Å²) in [6, 6.07) is 3.98. The molecule has 0 saturated heterocycles. The first-order valence-corrected chi connectivity index (χ1v) is 7.06. The minimum absolute atomic E-state index is 0.784. The minimum atomic E-state index is 0.784. The Kier molecular flexibility index (Phi) is 4.37. The van der Waals surface area contributed by atoms with Crippen molar-refractivity contribution in [1.82, 2.24) is 10.3 Å². The molecule has 0 aliphatic heterocycles. The van der Waals surface area contributed by atoms with Crippen molar-refractivity contribution in [2.75, 3.05) is 6.54 Å². The van der Waals surface area contributed by atoms with Gasteiger partial charge in [0.05, 0.1) is 17.2 Å². The van der Waals surface area contributed by atoms with E-state index in [9.17, 15) is 0 Å². The Balaban J connectivity index is 1.69. The molecule has 1 N–H and O–H groups in total. The van der Waals surface area contributed by atoms with Crippen LogP contribution in [0.15, 0.2) is 21.9 Å². The van der Waals surface area contributed by atoms with Crippen molar-refractivity contribution in [2.24, 2.45) is 0 Å². The third kappa shape index (κ3) is 3.57. The summed E-state index contributed by atoms with van der Waals surface area (Å²) >= 11 is 3.87. The van der Waals surface area contributed by atoms with Gasteiger partial charge in [0.1, 0.15) is 5.76 Å². The molecule has 3 nitrogen and oxygen atoms in total.